The molecule has 1 spiro atoms. The summed E-state index contributed by atoms with van der Waals surface area (Å²) in [5, 5.41) is 2.93. The Hall–Kier alpha value is -2.69. The van der Waals surface area contributed by atoms with E-state index in [1.807, 2.05) is 35.2 Å². The molecule has 0 aromatic heterocycles. The Morgan fingerprint density at radius 3 is 2.61 bits per heavy atom. The topological polar surface area (TPSA) is 49.4 Å². The number of hydrogen-bond donors (Lipinski definition) is 1. The fourth-order valence-corrected chi connectivity index (χ4v) is 4.31. The van der Waals surface area contributed by atoms with E-state index >= 15 is 0 Å². The quantitative estimate of drug-likeness (QED) is 0.886. The SMILES string of the molecule is Cc1ccc(Cc2ccccc2C(=O)N2CCC3(CC2)CNC(=O)C3)cc1F. The molecular formula is C23H25FN2O2. The maximum Gasteiger partial charge on any atom is 0.254 e. The Labute approximate surface area is 164 Å². The summed E-state index contributed by atoms with van der Waals surface area (Å²) in [7, 11) is 0. The maximum atomic E-state index is 13.9. The molecule has 2 fully saturated rings. The molecule has 28 heavy (non-hydrogen) atoms. The predicted octanol–water partition coefficient (Wildman–Crippen LogP) is 3.47. The molecule has 0 saturated carbocycles. The van der Waals surface area contributed by atoms with Crippen LogP contribution in [-0.4, -0.2) is 36.3 Å². The molecule has 5 heteroatoms. The summed E-state index contributed by atoms with van der Waals surface area (Å²) in [5.74, 6) is -0.0758. The second-order valence-corrected chi connectivity index (χ2v) is 8.16. The fraction of sp³-hybridized carbons (Fsp3) is 0.391. The maximum absolute atomic E-state index is 13.9. The van der Waals surface area contributed by atoms with Gasteiger partial charge in [0, 0.05) is 31.6 Å². The Morgan fingerprint density at radius 1 is 1.18 bits per heavy atom. The van der Waals surface area contributed by atoms with Gasteiger partial charge in [-0.05, 0) is 60.4 Å². The van der Waals surface area contributed by atoms with E-state index in [0.717, 1.165) is 30.5 Å². The molecule has 0 aliphatic carbocycles. The summed E-state index contributed by atoms with van der Waals surface area (Å²) in [6.45, 7) is 3.80. The lowest BCUT2D eigenvalue weighted by molar-refractivity contribution is -0.119. The molecule has 0 radical (unpaired) electrons. The average molecular weight is 380 g/mol. The van der Waals surface area contributed by atoms with Crippen LogP contribution in [0.4, 0.5) is 4.39 Å². The van der Waals surface area contributed by atoms with Gasteiger partial charge in [-0.1, -0.05) is 30.3 Å². The summed E-state index contributed by atoms with van der Waals surface area (Å²) in [4.78, 5) is 26.7. The van der Waals surface area contributed by atoms with Crippen LogP contribution in [0, 0.1) is 18.2 Å². The minimum atomic E-state index is -0.220. The number of nitrogens with one attached hydrogen (secondary N) is 1. The van der Waals surface area contributed by atoms with Crippen LogP contribution in [0.2, 0.25) is 0 Å². The number of nitrogens with zero attached hydrogens (tertiary/aromatic N) is 1. The largest absolute Gasteiger partial charge is 0.356 e. The van der Waals surface area contributed by atoms with Crippen molar-refractivity contribution in [3.8, 4) is 0 Å². The highest BCUT2D eigenvalue weighted by Gasteiger charge is 2.41. The Bertz CT molecular complexity index is 917. The zero-order chi connectivity index (χ0) is 19.7. The number of hydrogen-bond acceptors (Lipinski definition) is 2. The van der Waals surface area contributed by atoms with Crippen LogP contribution in [0.1, 0.15) is 46.3 Å². The van der Waals surface area contributed by atoms with Crippen molar-refractivity contribution in [3.63, 3.8) is 0 Å². The Balaban J connectivity index is 1.49. The van der Waals surface area contributed by atoms with Crippen molar-refractivity contribution >= 4 is 11.8 Å². The molecule has 2 aromatic rings. The molecule has 0 bridgehead atoms. The summed E-state index contributed by atoms with van der Waals surface area (Å²) in [5.41, 5.74) is 3.09. The first-order valence-electron chi connectivity index (χ1n) is 9.85. The van der Waals surface area contributed by atoms with Gasteiger partial charge in [-0.2, -0.15) is 0 Å². The minimum absolute atomic E-state index is 0.0206. The molecule has 2 aromatic carbocycles. The van der Waals surface area contributed by atoms with E-state index in [2.05, 4.69) is 5.32 Å². The smallest absolute Gasteiger partial charge is 0.254 e. The normalized spacial score (nSPS) is 18.4. The van der Waals surface area contributed by atoms with E-state index in [9.17, 15) is 14.0 Å². The summed E-state index contributed by atoms with van der Waals surface area (Å²) in [6, 6.07) is 12.8. The van der Waals surface area contributed by atoms with Crippen LogP contribution in [0.15, 0.2) is 42.5 Å². The van der Waals surface area contributed by atoms with Crippen LogP contribution >= 0.6 is 0 Å². The van der Waals surface area contributed by atoms with Gasteiger partial charge in [-0.15, -0.1) is 0 Å². The van der Waals surface area contributed by atoms with Crippen molar-refractivity contribution in [2.24, 2.45) is 5.41 Å². The number of likely N-dealkylation sites (tertiary alicyclic amines) is 1. The average Bonchev–Trinajstić information content (AvgIpc) is 3.05. The van der Waals surface area contributed by atoms with Gasteiger partial charge >= 0.3 is 0 Å². The van der Waals surface area contributed by atoms with Crippen LogP contribution in [-0.2, 0) is 11.2 Å². The van der Waals surface area contributed by atoms with Crippen molar-refractivity contribution in [3.05, 3.63) is 70.5 Å². The predicted molar refractivity (Wildman–Crippen MR) is 106 cm³/mol. The van der Waals surface area contributed by atoms with Crippen LogP contribution < -0.4 is 5.32 Å². The first-order valence-corrected chi connectivity index (χ1v) is 9.85. The van der Waals surface area contributed by atoms with Gasteiger partial charge in [-0.3, -0.25) is 9.59 Å². The molecule has 2 amide bonds. The first-order chi connectivity index (χ1) is 13.5. The lowest BCUT2D eigenvalue weighted by atomic mass is 9.77. The summed E-state index contributed by atoms with van der Waals surface area (Å²) < 4.78 is 13.9. The number of amides is 2. The second-order valence-electron chi connectivity index (χ2n) is 8.16. The number of carbonyl (C=O) groups is 2. The monoisotopic (exact) mass is 380 g/mol. The molecule has 0 atom stereocenters. The van der Waals surface area contributed by atoms with E-state index < -0.39 is 0 Å². The highest BCUT2D eigenvalue weighted by atomic mass is 19.1. The van der Waals surface area contributed by atoms with Gasteiger partial charge in [-0.25, -0.2) is 4.39 Å². The highest BCUT2D eigenvalue weighted by molar-refractivity contribution is 5.96. The molecule has 2 aliphatic rings. The standard InChI is InChI=1S/C23H25FN2O2/c1-16-6-7-17(13-20(16)24)12-18-4-2-3-5-19(18)22(28)26-10-8-23(9-11-26)14-21(27)25-15-23/h2-7,13H,8-12,14-15H2,1H3,(H,25,27). The zero-order valence-electron chi connectivity index (χ0n) is 16.1. The highest BCUT2D eigenvalue weighted by Crippen LogP contribution is 2.37. The second kappa shape index (κ2) is 7.38. The number of rotatable bonds is 3. The van der Waals surface area contributed by atoms with Crippen molar-refractivity contribution in [1.29, 1.82) is 0 Å². The molecule has 1 N–H and O–H groups in total. The van der Waals surface area contributed by atoms with Crippen molar-refractivity contribution in [2.75, 3.05) is 19.6 Å². The van der Waals surface area contributed by atoms with Crippen molar-refractivity contribution in [1.82, 2.24) is 10.2 Å². The number of halogens is 1. The molecule has 4 rings (SSSR count). The minimum Gasteiger partial charge on any atom is -0.356 e. The van der Waals surface area contributed by atoms with Crippen molar-refractivity contribution < 1.29 is 14.0 Å². The number of benzene rings is 2. The summed E-state index contributed by atoms with van der Waals surface area (Å²) in [6.07, 6.45) is 2.80. The molecular weight excluding hydrogens is 355 g/mol. The fourth-order valence-electron chi connectivity index (χ4n) is 4.31. The first kappa shape index (κ1) is 18.7. The molecule has 2 heterocycles. The third kappa shape index (κ3) is 3.66. The Morgan fingerprint density at radius 2 is 1.93 bits per heavy atom. The number of aryl methyl sites for hydroxylation is 1. The number of carbonyl (C=O) groups excluding carboxylic acids is 2. The lowest BCUT2D eigenvalue weighted by Crippen LogP contribution is -2.44. The van der Waals surface area contributed by atoms with Crippen LogP contribution in [0.5, 0.6) is 0 Å². The van der Waals surface area contributed by atoms with E-state index in [1.165, 1.54) is 0 Å². The van der Waals surface area contributed by atoms with Gasteiger partial charge < -0.3 is 10.2 Å². The van der Waals surface area contributed by atoms with E-state index in [1.54, 1.807) is 19.1 Å². The summed E-state index contributed by atoms with van der Waals surface area (Å²) >= 11 is 0. The lowest BCUT2D eigenvalue weighted by Gasteiger charge is -2.38. The van der Waals surface area contributed by atoms with E-state index in [0.29, 0.717) is 37.1 Å². The Kier molecular flexibility index (Phi) is 4.92. The van der Waals surface area contributed by atoms with Crippen molar-refractivity contribution in [2.45, 2.75) is 32.6 Å². The molecule has 4 nitrogen and oxygen atoms in total. The van der Waals surface area contributed by atoms with E-state index in [-0.39, 0.29) is 23.0 Å². The molecule has 146 valence electrons. The van der Waals surface area contributed by atoms with Gasteiger partial charge in [0.2, 0.25) is 5.91 Å². The van der Waals surface area contributed by atoms with Gasteiger partial charge in [0.05, 0.1) is 0 Å². The third-order valence-electron chi connectivity index (χ3n) is 6.19. The third-order valence-corrected chi connectivity index (χ3v) is 6.19. The van der Waals surface area contributed by atoms with E-state index in [4.69, 9.17) is 0 Å². The van der Waals surface area contributed by atoms with Crippen LogP contribution in [0.25, 0.3) is 0 Å². The van der Waals surface area contributed by atoms with Gasteiger partial charge in [0.15, 0.2) is 0 Å². The molecule has 0 unspecified atom stereocenters. The molecule has 2 saturated heterocycles. The zero-order valence-corrected chi connectivity index (χ0v) is 16.1. The molecule has 2 aliphatic heterocycles. The van der Waals surface area contributed by atoms with Gasteiger partial charge in [0.1, 0.15) is 5.82 Å². The number of piperidine rings is 1. The van der Waals surface area contributed by atoms with Gasteiger partial charge in [0.25, 0.3) is 5.91 Å². The van der Waals surface area contributed by atoms with Crippen LogP contribution in [0.3, 0.4) is 0 Å².